The average Bonchev–Trinajstić information content (AvgIpc) is 3.52. The van der Waals surface area contributed by atoms with Crippen LogP contribution in [0.25, 0.3) is 11.0 Å². The van der Waals surface area contributed by atoms with Crippen molar-refractivity contribution < 1.29 is 28.1 Å². The Bertz CT molecular complexity index is 1710. The minimum atomic E-state index is -1.26. The number of aromatic nitrogens is 2. The Morgan fingerprint density at radius 2 is 1.93 bits per heavy atom. The number of carbonyl (C=O) groups is 1. The van der Waals surface area contributed by atoms with Crippen LogP contribution in [0.4, 0.5) is 4.39 Å². The van der Waals surface area contributed by atoms with Crippen LogP contribution in [0.2, 0.25) is 5.02 Å². The highest BCUT2D eigenvalue weighted by molar-refractivity contribution is 6.30. The third-order valence-corrected chi connectivity index (χ3v) is 9.33. The first kappa shape index (κ1) is 29.1. The van der Waals surface area contributed by atoms with Gasteiger partial charge in [0.25, 0.3) is 5.79 Å². The molecule has 0 spiro atoms. The van der Waals surface area contributed by atoms with Crippen LogP contribution in [-0.4, -0.2) is 53.3 Å². The van der Waals surface area contributed by atoms with Gasteiger partial charge >= 0.3 is 5.97 Å². The molecule has 2 atom stereocenters. The SMILES string of the molecule is COC(=O)c1ccc2nc(CN3CCC(Cc4cccc5c4OC(C)(c4ccc(Cl)cc4F)O5)CC3)n(C[C@@H]3CCO3)c2c1. The maximum Gasteiger partial charge on any atom is 0.337 e. The summed E-state index contributed by atoms with van der Waals surface area (Å²) in [5, 5.41) is 0.328. The molecule has 44 heavy (non-hydrogen) atoms. The molecular weight excluding hydrogens is 585 g/mol. The number of benzene rings is 3. The van der Waals surface area contributed by atoms with Crippen LogP contribution in [0.5, 0.6) is 11.5 Å². The quantitative estimate of drug-likeness (QED) is 0.208. The van der Waals surface area contributed by atoms with E-state index in [-0.39, 0.29) is 12.1 Å². The fraction of sp³-hybridized carbons (Fsp3) is 0.412. The van der Waals surface area contributed by atoms with Crippen LogP contribution in [0.3, 0.4) is 0 Å². The first-order valence-corrected chi connectivity index (χ1v) is 15.5. The van der Waals surface area contributed by atoms with Gasteiger partial charge in [-0.2, -0.15) is 0 Å². The number of hydrogen-bond acceptors (Lipinski definition) is 7. The Balaban J connectivity index is 1.03. The van der Waals surface area contributed by atoms with Crippen LogP contribution < -0.4 is 9.47 Å². The molecule has 2 fully saturated rings. The van der Waals surface area contributed by atoms with E-state index in [0.29, 0.717) is 40.1 Å². The zero-order valence-corrected chi connectivity index (χ0v) is 25.6. The van der Waals surface area contributed by atoms with Gasteiger partial charge in [0.05, 0.1) is 48.5 Å². The fourth-order valence-electron chi connectivity index (χ4n) is 6.55. The number of ether oxygens (including phenoxy) is 4. The predicted molar refractivity (Wildman–Crippen MR) is 164 cm³/mol. The normalized spacial score (nSPS) is 21.9. The summed E-state index contributed by atoms with van der Waals surface area (Å²) in [5.41, 5.74) is 3.70. The number of fused-ring (bicyclic) bond motifs is 2. The molecule has 1 unspecified atom stereocenters. The van der Waals surface area contributed by atoms with E-state index in [1.165, 1.54) is 13.2 Å². The second kappa shape index (κ2) is 11.7. The van der Waals surface area contributed by atoms with Crippen molar-refractivity contribution in [1.82, 2.24) is 14.5 Å². The second-order valence-electron chi connectivity index (χ2n) is 12.1. The maximum atomic E-state index is 14.8. The first-order valence-electron chi connectivity index (χ1n) is 15.2. The van der Waals surface area contributed by atoms with Gasteiger partial charge in [0.1, 0.15) is 11.6 Å². The van der Waals surface area contributed by atoms with E-state index in [1.54, 1.807) is 25.1 Å². The molecular formula is C34H35ClFN3O5. The number of imidazole rings is 1. The van der Waals surface area contributed by atoms with Gasteiger partial charge in [0.15, 0.2) is 11.5 Å². The maximum absolute atomic E-state index is 14.8. The van der Waals surface area contributed by atoms with Crippen molar-refractivity contribution in [1.29, 1.82) is 0 Å². The summed E-state index contributed by atoms with van der Waals surface area (Å²) in [7, 11) is 1.40. The molecule has 230 valence electrons. The van der Waals surface area contributed by atoms with Gasteiger partial charge < -0.3 is 23.5 Å². The van der Waals surface area contributed by atoms with Crippen molar-refractivity contribution in [2.24, 2.45) is 5.92 Å². The van der Waals surface area contributed by atoms with Gasteiger partial charge in [-0.25, -0.2) is 14.2 Å². The zero-order chi connectivity index (χ0) is 30.4. The number of methoxy groups -OCH3 is 1. The van der Waals surface area contributed by atoms with Crippen LogP contribution in [0.1, 0.15) is 53.5 Å². The number of para-hydroxylation sites is 1. The van der Waals surface area contributed by atoms with E-state index >= 15 is 0 Å². The molecule has 3 aromatic carbocycles. The smallest absolute Gasteiger partial charge is 0.337 e. The van der Waals surface area contributed by atoms with Crippen molar-refractivity contribution in [3.63, 3.8) is 0 Å². The van der Waals surface area contributed by atoms with Crippen molar-refractivity contribution in [2.75, 3.05) is 26.8 Å². The van der Waals surface area contributed by atoms with Gasteiger partial charge in [-0.1, -0.05) is 23.7 Å². The van der Waals surface area contributed by atoms with Crippen LogP contribution in [-0.2, 0) is 34.8 Å². The molecule has 2 saturated heterocycles. The number of halogens is 2. The monoisotopic (exact) mass is 619 g/mol. The van der Waals surface area contributed by atoms with Gasteiger partial charge in [0.2, 0.25) is 0 Å². The number of piperidine rings is 1. The number of hydrogen-bond donors (Lipinski definition) is 0. The van der Waals surface area contributed by atoms with Crippen molar-refractivity contribution >= 4 is 28.6 Å². The summed E-state index contributed by atoms with van der Waals surface area (Å²) < 4.78 is 40.2. The summed E-state index contributed by atoms with van der Waals surface area (Å²) >= 11 is 5.97. The number of rotatable bonds is 8. The minimum absolute atomic E-state index is 0.163. The summed E-state index contributed by atoms with van der Waals surface area (Å²) in [6.45, 7) is 5.86. The topological polar surface area (TPSA) is 75.0 Å². The van der Waals surface area contributed by atoms with Crippen molar-refractivity contribution in [3.8, 4) is 11.5 Å². The van der Waals surface area contributed by atoms with Crippen LogP contribution in [0, 0.1) is 11.7 Å². The summed E-state index contributed by atoms with van der Waals surface area (Å²) in [6, 6.07) is 16.0. The Morgan fingerprint density at radius 1 is 1.11 bits per heavy atom. The molecule has 8 nitrogen and oxygen atoms in total. The number of carbonyl (C=O) groups excluding carboxylic acids is 1. The number of nitrogens with zero attached hydrogens (tertiary/aromatic N) is 3. The molecule has 0 radical (unpaired) electrons. The molecule has 0 saturated carbocycles. The van der Waals surface area contributed by atoms with Crippen LogP contribution >= 0.6 is 11.6 Å². The van der Waals surface area contributed by atoms with Crippen molar-refractivity contribution in [3.05, 3.63) is 88.0 Å². The summed E-state index contributed by atoms with van der Waals surface area (Å²) in [5.74, 6) is 0.697. The Hall–Kier alpha value is -3.66. The molecule has 4 aromatic rings. The van der Waals surface area contributed by atoms with E-state index in [1.807, 2.05) is 24.3 Å². The Kier molecular flexibility index (Phi) is 7.72. The van der Waals surface area contributed by atoms with E-state index in [0.717, 1.165) is 74.3 Å². The fourth-order valence-corrected chi connectivity index (χ4v) is 6.70. The molecule has 0 bridgehead atoms. The highest BCUT2D eigenvalue weighted by atomic mass is 35.5. The Morgan fingerprint density at radius 3 is 2.66 bits per heavy atom. The first-order chi connectivity index (χ1) is 21.3. The molecule has 3 aliphatic rings. The van der Waals surface area contributed by atoms with E-state index in [2.05, 4.69) is 15.5 Å². The highest BCUT2D eigenvalue weighted by Crippen LogP contribution is 2.47. The second-order valence-corrected chi connectivity index (χ2v) is 12.5. The summed E-state index contributed by atoms with van der Waals surface area (Å²) in [4.78, 5) is 19.6. The van der Waals surface area contributed by atoms with Crippen molar-refractivity contribution in [2.45, 2.75) is 57.6 Å². The van der Waals surface area contributed by atoms with Gasteiger partial charge in [-0.15, -0.1) is 0 Å². The van der Waals surface area contributed by atoms with Gasteiger partial charge in [0, 0.05) is 18.6 Å². The number of likely N-dealkylation sites (tertiary alicyclic amines) is 1. The summed E-state index contributed by atoms with van der Waals surface area (Å²) in [6.07, 6.45) is 4.11. The van der Waals surface area contributed by atoms with E-state index in [4.69, 9.17) is 35.5 Å². The third-order valence-electron chi connectivity index (χ3n) is 9.09. The molecule has 1 aromatic heterocycles. The molecule has 3 aliphatic heterocycles. The molecule has 10 heteroatoms. The van der Waals surface area contributed by atoms with E-state index in [9.17, 15) is 9.18 Å². The third kappa shape index (κ3) is 5.53. The van der Waals surface area contributed by atoms with Gasteiger partial charge in [-0.05, 0) is 92.7 Å². The average molecular weight is 620 g/mol. The van der Waals surface area contributed by atoms with Gasteiger partial charge in [-0.3, -0.25) is 4.90 Å². The van der Waals surface area contributed by atoms with Crippen LogP contribution in [0.15, 0.2) is 54.6 Å². The lowest BCUT2D eigenvalue weighted by Gasteiger charge is -2.32. The molecule has 0 aliphatic carbocycles. The molecule has 7 rings (SSSR count). The number of esters is 1. The zero-order valence-electron chi connectivity index (χ0n) is 24.9. The predicted octanol–water partition coefficient (Wildman–Crippen LogP) is 6.50. The highest BCUT2D eigenvalue weighted by Gasteiger charge is 2.42. The lowest BCUT2D eigenvalue weighted by atomic mass is 9.89. The standard InChI is InChI=1S/C34H35ClFN3O5/c1-34(26-8-7-24(35)18-27(26)36)43-30-5-3-4-22(32(30)44-34)16-21-10-13-38(14-11-21)20-31-37-28-9-6-23(33(40)41-2)17-29(28)39(31)19-25-12-15-42-25/h3-9,17-18,21,25H,10-16,19-20H2,1-2H3/t25-,34?/m0/s1. The lowest BCUT2D eigenvalue weighted by Crippen LogP contribution is -2.36. The molecule has 0 N–H and O–H groups in total. The largest absolute Gasteiger partial charge is 0.465 e. The lowest BCUT2D eigenvalue weighted by molar-refractivity contribution is -0.0711. The van der Waals surface area contributed by atoms with E-state index < -0.39 is 11.6 Å². The minimum Gasteiger partial charge on any atom is -0.465 e. The molecule has 4 heterocycles. The Labute approximate surface area is 260 Å². The molecule has 0 amide bonds.